The van der Waals surface area contributed by atoms with Gasteiger partial charge in [0.1, 0.15) is 12.2 Å². The van der Waals surface area contributed by atoms with E-state index >= 15 is 0 Å². The number of anilines is 1. The summed E-state index contributed by atoms with van der Waals surface area (Å²) in [6.45, 7) is 1.65. The van der Waals surface area contributed by atoms with Crippen molar-refractivity contribution >= 4 is 5.95 Å². The smallest absolute Gasteiger partial charge is 0.265 e. The van der Waals surface area contributed by atoms with E-state index in [0.717, 1.165) is 18.8 Å². The van der Waals surface area contributed by atoms with Crippen LogP contribution in [-0.4, -0.2) is 50.9 Å². The van der Waals surface area contributed by atoms with Gasteiger partial charge in [-0.05, 0) is 24.5 Å². The Hall–Kier alpha value is -1.96. The second-order valence-electron chi connectivity index (χ2n) is 5.24. The molecule has 3 heterocycles. The first-order chi connectivity index (χ1) is 9.74. The Balaban J connectivity index is 1.73. The maximum Gasteiger partial charge on any atom is 0.265 e. The number of rotatable bonds is 4. The number of hydrogen-bond acceptors (Lipinski definition) is 7. The number of piperidine rings is 1. The van der Waals surface area contributed by atoms with Crippen molar-refractivity contribution in [2.24, 2.45) is 0 Å². The van der Waals surface area contributed by atoms with Gasteiger partial charge in [-0.2, -0.15) is 10.1 Å². The molecule has 0 spiro atoms. The fraction of sp³-hybridized carbons (Fsp3) is 0.667. The third-order valence-corrected chi connectivity index (χ3v) is 3.56. The van der Waals surface area contributed by atoms with Gasteiger partial charge in [0.15, 0.2) is 0 Å². The Bertz CT molecular complexity index is 536. The third kappa shape index (κ3) is 2.64. The van der Waals surface area contributed by atoms with E-state index in [0.29, 0.717) is 18.4 Å². The lowest BCUT2D eigenvalue weighted by molar-refractivity contribution is 0.118. The standard InChI is InChI=1S/C12H19N7O/c1-18(2)12-15-10(20-17-12)7-19-6-4-3-5-9(19)11-13-8-14-16-11/h8-9H,3-7H2,1-2H3,(H,13,14,16)/t9-/m0/s1. The van der Waals surface area contributed by atoms with Crippen LogP contribution in [-0.2, 0) is 6.54 Å². The van der Waals surface area contributed by atoms with E-state index in [9.17, 15) is 0 Å². The number of nitrogens with one attached hydrogen (secondary N) is 1. The van der Waals surface area contributed by atoms with Crippen LogP contribution in [0.4, 0.5) is 5.95 Å². The van der Waals surface area contributed by atoms with Crippen LogP contribution in [0.5, 0.6) is 0 Å². The van der Waals surface area contributed by atoms with Crippen LogP contribution >= 0.6 is 0 Å². The Morgan fingerprint density at radius 1 is 1.45 bits per heavy atom. The Kier molecular flexibility index (Phi) is 3.64. The molecule has 8 nitrogen and oxygen atoms in total. The Morgan fingerprint density at radius 2 is 2.35 bits per heavy atom. The van der Waals surface area contributed by atoms with Gasteiger partial charge >= 0.3 is 0 Å². The predicted molar refractivity (Wildman–Crippen MR) is 72.0 cm³/mol. The molecule has 1 N–H and O–H groups in total. The highest BCUT2D eigenvalue weighted by Gasteiger charge is 2.27. The quantitative estimate of drug-likeness (QED) is 0.891. The molecule has 8 heteroatoms. The molecule has 20 heavy (non-hydrogen) atoms. The van der Waals surface area contributed by atoms with Gasteiger partial charge in [-0.15, -0.1) is 0 Å². The van der Waals surface area contributed by atoms with Crippen LogP contribution in [0.1, 0.15) is 37.0 Å². The average Bonchev–Trinajstić information content (AvgIpc) is 3.10. The molecule has 0 amide bonds. The number of aromatic nitrogens is 5. The fourth-order valence-corrected chi connectivity index (χ4v) is 2.53. The Morgan fingerprint density at radius 3 is 3.05 bits per heavy atom. The van der Waals surface area contributed by atoms with Gasteiger partial charge in [0.05, 0.1) is 12.6 Å². The van der Waals surface area contributed by atoms with Crippen LogP contribution in [0.25, 0.3) is 0 Å². The second kappa shape index (κ2) is 5.58. The minimum absolute atomic E-state index is 0.251. The largest absolute Gasteiger partial charge is 0.344 e. The molecule has 0 saturated carbocycles. The first-order valence-electron chi connectivity index (χ1n) is 6.83. The number of likely N-dealkylation sites (tertiary alicyclic amines) is 1. The van der Waals surface area contributed by atoms with E-state index in [1.807, 2.05) is 19.0 Å². The fourth-order valence-electron chi connectivity index (χ4n) is 2.53. The van der Waals surface area contributed by atoms with Crippen LogP contribution < -0.4 is 4.90 Å². The topological polar surface area (TPSA) is 87.0 Å². The maximum atomic E-state index is 5.30. The molecule has 0 unspecified atom stereocenters. The number of hydrogen-bond donors (Lipinski definition) is 1. The zero-order valence-corrected chi connectivity index (χ0v) is 11.8. The van der Waals surface area contributed by atoms with Gasteiger partial charge < -0.3 is 9.42 Å². The molecule has 2 aromatic rings. The zero-order valence-electron chi connectivity index (χ0n) is 11.8. The molecule has 3 rings (SSSR count). The van der Waals surface area contributed by atoms with Crippen molar-refractivity contribution in [2.75, 3.05) is 25.5 Å². The molecule has 1 aliphatic heterocycles. The minimum Gasteiger partial charge on any atom is -0.344 e. The van der Waals surface area contributed by atoms with Crippen LogP contribution in [0.15, 0.2) is 10.9 Å². The zero-order chi connectivity index (χ0) is 13.9. The van der Waals surface area contributed by atoms with E-state index < -0.39 is 0 Å². The summed E-state index contributed by atoms with van der Waals surface area (Å²) in [6, 6.07) is 0.251. The summed E-state index contributed by atoms with van der Waals surface area (Å²) in [4.78, 5) is 12.8. The lowest BCUT2D eigenvalue weighted by Gasteiger charge is -2.32. The van der Waals surface area contributed by atoms with Crippen molar-refractivity contribution in [3.8, 4) is 0 Å². The van der Waals surface area contributed by atoms with E-state index in [1.54, 1.807) is 6.33 Å². The van der Waals surface area contributed by atoms with Crippen molar-refractivity contribution in [2.45, 2.75) is 31.8 Å². The molecule has 1 fully saturated rings. The highest BCUT2D eigenvalue weighted by atomic mass is 16.5. The van der Waals surface area contributed by atoms with E-state index in [1.165, 1.54) is 12.8 Å². The van der Waals surface area contributed by atoms with Crippen molar-refractivity contribution in [3.63, 3.8) is 0 Å². The van der Waals surface area contributed by atoms with Crippen molar-refractivity contribution in [1.29, 1.82) is 0 Å². The molecular formula is C12H19N7O. The highest BCUT2D eigenvalue weighted by molar-refractivity contribution is 5.23. The average molecular weight is 277 g/mol. The van der Waals surface area contributed by atoms with Crippen molar-refractivity contribution in [1.82, 2.24) is 30.2 Å². The first-order valence-corrected chi connectivity index (χ1v) is 6.83. The van der Waals surface area contributed by atoms with Gasteiger partial charge in [0.2, 0.25) is 5.89 Å². The molecule has 108 valence electrons. The summed E-state index contributed by atoms with van der Waals surface area (Å²) in [5.74, 6) is 2.16. The molecule has 0 radical (unpaired) electrons. The lowest BCUT2D eigenvalue weighted by Crippen LogP contribution is -2.33. The molecule has 1 aliphatic rings. The predicted octanol–water partition coefficient (Wildman–Crippen LogP) is 0.981. The molecule has 0 aromatic carbocycles. The van der Waals surface area contributed by atoms with Gasteiger partial charge in [-0.25, -0.2) is 4.98 Å². The van der Waals surface area contributed by atoms with Gasteiger partial charge in [0.25, 0.3) is 5.95 Å². The van der Waals surface area contributed by atoms with Gasteiger partial charge in [-0.1, -0.05) is 6.42 Å². The number of nitrogens with zero attached hydrogens (tertiary/aromatic N) is 6. The minimum atomic E-state index is 0.251. The molecule has 0 bridgehead atoms. The van der Waals surface area contributed by atoms with Crippen LogP contribution in [0, 0.1) is 0 Å². The maximum absolute atomic E-state index is 5.30. The SMILES string of the molecule is CN(C)c1noc(CN2CCCC[C@H]2c2ncn[nH]2)n1. The van der Waals surface area contributed by atoms with E-state index in [4.69, 9.17) is 4.52 Å². The summed E-state index contributed by atoms with van der Waals surface area (Å²) in [5, 5.41) is 10.9. The summed E-state index contributed by atoms with van der Waals surface area (Å²) >= 11 is 0. The molecule has 2 aromatic heterocycles. The lowest BCUT2D eigenvalue weighted by atomic mass is 10.0. The van der Waals surface area contributed by atoms with E-state index in [2.05, 4.69) is 30.2 Å². The van der Waals surface area contributed by atoms with Gasteiger partial charge in [-0.3, -0.25) is 10.00 Å². The molecule has 1 atom stereocenters. The van der Waals surface area contributed by atoms with Crippen molar-refractivity contribution in [3.05, 3.63) is 18.0 Å². The number of H-pyrrole nitrogens is 1. The molecular weight excluding hydrogens is 258 g/mol. The first kappa shape index (κ1) is 13.0. The van der Waals surface area contributed by atoms with Gasteiger partial charge in [0, 0.05) is 14.1 Å². The van der Waals surface area contributed by atoms with E-state index in [-0.39, 0.29) is 6.04 Å². The summed E-state index contributed by atoms with van der Waals surface area (Å²) < 4.78 is 5.30. The summed E-state index contributed by atoms with van der Waals surface area (Å²) in [7, 11) is 3.79. The van der Waals surface area contributed by atoms with Crippen LogP contribution in [0.2, 0.25) is 0 Å². The summed E-state index contributed by atoms with van der Waals surface area (Å²) in [5.41, 5.74) is 0. The van der Waals surface area contributed by atoms with Crippen molar-refractivity contribution < 1.29 is 4.52 Å². The summed E-state index contributed by atoms with van der Waals surface area (Å²) in [6.07, 6.45) is 5.01. The monoisotopic (exact) mass is 277 g/mol. The highest BCUT2D eigenvalue weighted by Crippen LogP contribution is 2.29. The van der Waals surface area contributed by atoms with Crippen LogP contribution in [0.3, 0.4) is 0 Å². The molecule has 1 saturated heterocycles. The Labute approximate surface area is 117 Å². The third-order valence-electron chi connectivity index (χ3n) is 3.56. The normalized spacial score (nSPS) is 20.2. The molecule has 0 aliphatic carbocycles. The second-order valence-corrected chi connectivity index (χ2v) is 5.24. The number of aromatic amines is 1.